The summed E-state index contributed by atoms with van der Waals surface area (Å²) in [6.07, 6.45) is 0. The molecule has 0 bridgehead atoms. The Morgan fingerprint density at radius 3 is 2.94 bits per heavy atom. The summed E-state index contributed by atoms with van der Waals surface area (Å²) in [5.41, 5.74) is 18.2. The number of ether oxygens (including phenoxy) is 1. The third kappa shape index (κ3) is 2.32. The molecule has 1 aliphatic rings. The van der Waals surface area contributed by atoms with Crippen LogP contribution in [0.5, 0.6) is 5.75 Å². The number of amides is 1. The lowest BCUT2D eigenvalue weighted by molar-refractivity contribution is -0.121. The second kappa shape index (κ2) is 4.60. The predicted molar refractivity (Wildman–Crippen MR) is 65.7 cm³/mol. The second-order valence-corrected chi connectivity index (χ2v) is 4.02. The van der Waals surface area contributed by atoms with Crippen molar-refractivity contribution in [2.24, 2.45) is 11.5 Å². The van der Waals surface area contributed by atoms with E-state index >= 15 is 0 Å². The Bertz CT molecular complexity index is 435. The van der Waals surface area contributed by atoms with Gasteiger partial charge in [-0.05, 0) is 18.2 Å². The van der Waals surface area contributed by atoms with Crippen molar-refractivity contribution in [2.75, 3.05) is 30.3 Å². The average molecular weight is 236 g/mol. The van der Waals surface area contributed by atoms with Crippen molar-refractivity contribution < 1.29 is 9.53 Å². The quantitative estimate of drug-likeness (QED) is 0.600. The number of benzene rings is 1. The Kier molecular flexibility index (Phi) is 3.16. The molecule has 1 aromatic rings. The van der Waals surface area contributed by atoms with E-state index in [1.165, 1.54) is 0 Å². The topological polar surface area (TPSA) is 108 Å². The molecule has 1 amide bonds. The number of hydrogen-bond donors (Lipinski definition) is 3. The minimum atomic E-state index is -0.258. The van der Waals surface area contributed by atoms with Crippen LogP contribution in [0.25, 0.3) is 0 Å². The number of hydrogen-bond acceptors (Lipinski definition) is 5. The molecule has 1 aliphatic heterocycles. The molecule has 6 nitrogen and oxygen atoms in total. The molecule has 1 heterocycles. The normalized spacial score (nSPS) is 16.4. The van der Waals surface area contributed by atoms with Crippen LogP contribution in [0.2, 0.25) is 0 Å². The molecule has 1 aromatic carbocycles. The van der Waals surface area contributed by atoms with E-state index in [2.05, 4.69) is 0 Å². The SMILES string of the molecule is NCC(N)CN1C(=O)COc2ccc(N)cc21. The van der Waals surface area contributed by atoms with E-state index in [0.717, 1.165) is 0 Å². The maximum atomic E-state index is 11.8. The van der Waals surface area contributed by atoms with Gasteiger partial charge in [0.1, 0.15) is 5.75 Å². The van der Waals surface area contributed by atoms with E-state index in [1.54, 1.807) is 23.1 Å². The maximum Gasteiger partial charge on any atom is 0.265 e. The summed E-state index contributed by atoms with van der Waals surface area (Å²) >= 11 is 0. The molecule has 1 atom stereocenters. The summed E-state index contributed by atoms with van der Waals surface area (Å²) in [6.45, 7) is 0.714. The molecule has 92 valence electrons. The van der Waals surface area contributed by atoms with Crippen molar-refractivity contribution in [3.05, 3.63) is 18.2 Å². The number of nitrogen functional groups attached to an aromatic ring is 1. The molecule has 0 saturated carbocycles. The summed E-state index contributed by atoms with van der Waals surface area (Å²) in [5, 5.41) is 0. The van der Waals surface area contributed by atoms with Crippen molar-refractivity contribution in [3.63, 3.8) is 0 Å². The summed E-state index contributed by atoms with van der Waals surface area (Å²) < 4.78 is 5.32. The summed E-state index contributed by atoms with van der Waals surface area (Å²) in [5.74, 6) is 0.509. The van der Waals surface area contributed by atoms with E-state index in [-0.39, 0.29) is 18.6 Å². The lowest BCUT2D eigenvalue weighted by Gasteiger charge is -2.31. The monoisotopic (exact) mass is 236 g/mol. The number of nitrogens with zero attached hydrogens (tertiary/aromatic N) is 1. The van der Waals surface area contributed by atoms with E-state index < -0.39 is 0 Å². The minimum Gasteiger partial charge on any atom is -0.482 e. The molecule has 6 N–H and O–H groups in total. The van der Waals surface area contributed by atoms with Gasteiger partial charge in [-0.1, -0.05) is 0 Å². The smallest absolute Gasteiger partial charge is 0.265 e. The average Bonchev–Trinajstić information content (AvgIpc) is 2.32. The Morgan fingerprint density at radius 2 is 2.24 bits per heavy atom. The van der Waals surface area contributed by atoms with Gasteiger partial charge in [0.05, 0.1) is 5.69 Å². The van der Waals surface area contributed by atoms with E-state index in [9.17, 15) is 4.79 Å². The molecule has 2 rings (SSSR count). The standard InChI is InChI=1S/C11H16N4O2/c12-4-8(14)5-15-9-3-7(13)1-2-10(9)17-6-11(15)16/h1-3,8H,4-6,12-14H2. The van der Waals surface area contributed by atoms with Gasteiger partial charge in [0.25, 0.3) is 5.91 Å². The predicted octanol–water partition coefficient (Wildman–Crippen LogP) is -0.720. The van der Waals surface area contributed by atoms with Crippen molar-refractivity contribution in [3.8, 4) is 5.75 Å². The first-order valence-corrected chi connectivity index (χ1v) is 5.40. The van der Waals surface area contributed by atoms with Crippen LogP contribution in [-0.4, -0.2) is 31.6 Å². The summed E-state index contributed by atoms with van der Waals surface area (Å²) in [4.78, 5) is 13.4. The van der Waals surface area contributed by atoms with E-state index in [4.69, 9.17) is 21.9 Å². The largest absolute Gasteiger partial charge is 0.482 e. The summed E-state index contributed by atoms with van der Waals surface area (Å²) in [7, 11) is 0. The Morgan fingerprint density at radius 1 is 1.47 bits per heavy atom. The maximum absolute atomic E-state index is 11.8. The van der Waals surface area contributed by atoms with Gasteiger partial charge in [0.15, 0.2) is 6.61 Å². The fraction of sp³-hybridized carbons (Fsp3) is 0.364. The van der Waals surface area contributed by atoms with Gasteiger partial charge in [-0.2, -0.15) is 0 Å². The van der Waals surface area contributed by atoms with Crippen molar-refractivity contribution in [1.82, 2.24) is 0 Å². The highest BCUT2D eigenvalue weighted by Crippen LogP contribution is 2.33. The molecule has 17 heavy (non-hydrogen) atoms. The Labute approximate surface area is 99.3 Å². The van der Waals surface area contributed by atoms with Gasteiger partial charge in [-0.3, -0.25) is 4.79 Å². The summed E-state index contributed by atoms with van der Waals surface area (Å²) in [6, 6.07) is 4.93. The van der Waals surface area contributed by atoms with Crippen molar-refractivity contribution in [1.29, 1.82) is 0 Å². The minimum absolute atomic E-state index is 0.0220. The number of carbonyl (C=O) groups is 1. The molecule has 0 fully saturated rings. The van der Waals surface area contributed by atoms with Gasteiger partial charge < -0.3 is 26.8 Å². The second-order valence-electron chi connectivity index (χ2n) is 4.02. The van der Waals surface area contributed by atoms with E-state index in [1.807, 2.05) is 0 Å². The molecule has 0 aliphatic carbocycles. The first-order valence-electron chi connectivity index (χ1n) is 5.40. The zero-order valence-corrected chi connectivity index (χ0v) is 9.43. The molecule has 0 saturated heterocycles. The zero-order valence-electron chi connectivity index (χ0n) is 9.43. The zero-order chi connectivity index (χ0) is 12.4. The highest BCUT2D eigenvalue weighted by atomic mass is 16.5. The fourth-order valence-electron chi connectivity index (χ4n) is 1.73. The molecule has 0 spiro atoms. The third-order valence-electron chi connectivity index (χ3n) is 2.65. The van der Waals surface area contributed by atoms with Gasteiger partial charge >= 0.3 is 0 Å². The van der Waals surface area contributed by atoms with Crippen LogP contribution in [0.1, 0.15) is 0 Å². The first kappa shape index (κ1) is 11.7. The molecular formula is C11H16N4O2. The lowest BCUT2D eigenvalue weighted by atomic mass is 10.2. The van der Waals surface area contributed by atoms with Crippen molar-refractivity contribution >= 4 is 17.3 Å². The van der Waals surface area contributed by atoms with E-state index in [0.29, 0.717) is 30.2 Å². The molecule has 6 heteroatoms. The van der Waals surface area contributed by atoms with Crippen LogP contribution in [0.15, 0.2) is 18.2 Å². The van der Waals surface area contributed by atoms with Crippen molar-refractivity contribution in [2.45, 2.75) is 6.04 Å². The van der Waals surface area contributed by atoms with Crippen LogP contribution >= 0.6 is 0 Å². The molecule has 1 unspecified atom stereocenters. The number of nitrogens with two attached hydrogens (primary N) is 3. The van der Waals surface area contributed by atoms with Crippen LogP contribution in [0.4, 0.5) is 11.4 Å². The third-order valence-corrected chi connectivity index (χ3v) is 2.65. The van der Waals surface area contributed by atoms with Crippen LogP contribution < -0.4 is 26.8 Å². The van der Waals surface area contributed by atoms with Gasteiger partial charge in [0.2, 0.25) is 0 Å². The lowest BCUT2D eigenvalue weighted by Crippen LogP contribution is -2.48. The van der Waals surface area contributed by atoms with Crippen LogP contribution in [0.3, 0.4) is 0 Å². The Balaban J connectivity index is 2.32. The number of anilines is 2. The highest BCUT2D eigenvalue weighted by molar-refractivity contribution is 5.98. The number of fused-ring (bicyclic) bond motifs is 1. The first-order chi connectivity index (χ1) is 8.11. The Hall–Kier alpha value is -1.79. The molecule has 0 aromatic heterocycles. The molecule has 0 radical (unpaired) electrons. The number of rotatable bonds is 3. The van der Waals surface area contributed by atoms with Crippen LogP contribution in [0, 0.1) is 0 Å². The number of carbonyl (C=O) groups excluding carboxylic acids is 1. The molecular weight excluding hydrogens is 220 g/mol. The fourth-order valence-corrected chi connectivity index (χ4v) is 1.73. The van der Waals surface area contributed by atoms with Gasteiger partial charge in [-0.25, -0.2) is 0 Å². The van der Waals surface area contributed by atoms with Gasteiger partial charge in [-0.15, -0.1) is 0 Å². The van der Waals surface area contributed by atoms with Gasteiger partial charge in [0, 0.05) is 24.8 Å². The van der Waals surface area contributed by atoms with Crippen LogP contribution in [-0.2, 0) is 4.79 Å². The highest BCUT2D eigenvalue weighted by Gasteiger charge is 2.26.